The zero-order valence-electron chi connectivity index (χ0n) is 22.2. The van der Waals surface area contributed by atoms with E-state index < -0.39 is 17.7 Å². The maximum Gasteiger partial charge on any atom is 0.300 e. The summed E-state index contributed by atoms with van der Waals surface area (Å²) in [5.74, 6) is -1.02. The molecule has 1 amide bonds. The molecule has 8 heteroatoms. The molecule has 0 aliphatic carbocycles. The highest BCUT2D eigenvalue weighted by molar-refractivity contribution is 6.51. The molecule has 202 valence electrons. The fraction of sp³-hybridized carbons (Fsp3) is 0.290. The smallest absolute Gasteiger partial charge is 0.300 e. The van der Waals surface area contributed by atoms with Gasteiger partial charge in [-0.1, -0.05) is 19.1 Å². The van der Waals surface area contributed by atoms with Crippen LogP contribution < -0.4 is 14.5 Å². The van der Waals surface area contributed by atoms with Crippen molar-refractivity contribution in [1.29, 1.82) is 0 Å². The number of hydrogen-bond donors (Lipinski definition) is 2. The number of benzene rings is 3. The minimum atomic E-state index is -0.865. The first-order valence-electron chi connectivity index (χ1n) is 13.2. The van der Waals surface area contributed by atoms with Crippen LogP contribution in [0.3, 0.4) is 0 Å². The van der Waals surface area contributed by atoms with Gasteiger partial charge in [-0.2, -0.15) is 0 Å². The van der Waals surface area contributed by atoms with Crippen molar-refractivity contribution in [1.82, 2.24) is 4.90 Å². The summed E-state index contributed by atoms with van der Waals surface area (Å²) in [5.41, 5.74) is 2.60. The Bertz CT molecular complexity index is 1360. The Morgan fingerprint density at radius 1 is 0.872 bits per heavy atom. The number of aliphatic hydroxyl groups is 1. The van der Waals surface area contributed by atoms with Crippen molar-refractivity contribution < 1.29 is 24.5 Å². The Kier molecular flexibility index (Phi) is 7.56. The van der Waals surface area contributed by atoms with Gasteiger partial charge in [0.15, 0.2) is 0 Å². The number of anilines is 2. The summed E-state index contributed by atoms with van der Waals surface area (Å²) in [6, 6.07) is 19.9. The van der Waals surface area contributed by atoms with Crippen LogP contribution in [0.25, 0.3) is 5.76 Å². The van der Waals surface area contributed by atoms with Gasteiger partial charge in [-0.05, 0) is 79.7 Å². The van der Waals surface area contributed by atoms with E-state index in [9.17, 15) is 19.8 Å². The SMILES string of the molecule is CCCOc1ccc(/C(O)=C2\C(=O)C(=O)N(c3ccc(N4CCN(C)CC4)cc3)C2c2ccc(O)cc2)cc1. The largest absolute Gasteiger partial charge is 0.508 e. The lowest BCUT2D eigenvalue weighted by atomic mass is 9.95. The fourth-order valence-corrected chi connectivity index (χ4v) is 5.04. The number of phenolic OH excluding ortho intramolecular Hbond substituents is 1. The van der Waals surface area contributed by atoms with Crippen molar-refractivity contribution in [2.75, 3.05) is 49.6 Å². The van der Waals surface area contributed by atoms with E-state index in [4.69, 9.17) is 4.74 Å². The van der Waals surface area contributed by atoms with E-state index in [0.29, 0.717) is 29.2 Å². The van der Waals surface area contributed by atoms with Crippen molar-refractivity contribution in [3.05, 3.63) is 89.5 Å². The van der Waals surface area contributed by atoms with Crippen molar-refractivity contribution in [2.24, 2.45) is 0 Å². The molecule has 1 unspecified atom stereocenters. The van der Waals surface area contributed by atoms with Crippen molar-refractivity contribution >= 4 is 28.8 Å². The van der Waals surface area contributed by atoms with Gasteiger partial charge in [-0.3, -0.25) is 14.5 Å². The molecule has 2 fully saturated rings. The average Bonchev–Trinajstić information content (AvgIpc) is 3.22. The highest BCUT2D eigenvalue weighted by Crippen LogP contribution is 2.43. The van der Waals surface area contributed by atoms with Gasteiger partial charge in [0, 0.05) is 43.1 Å². The molecule has 0 spiro atoms. The molecule has 8 nitrogen and oxygen atoms in total. The molecule has 2 aliphatic rings. The summed E-state index contributed by atoms with van der Waals surface area (Å²) >= 11 is 0. The van der Waals surface area contributed by atoms with Crippen LogP contribution in [0.5, 0.6) is 11.5 Å². The summed E-state index contributed by atoms with van der Waals surface area (Å²) < 4.78 is 5.63. The number of rotatable bonds is 7. The molecule has 39 heavy (non-hydrogen) atoms. The van der Waals surface area contributed by atoms with Gasteiger partial charge in [0.25, 0.3) is 11.7 Å². The van der Waals surface area contributed by atoms with Crippen LogP contribution in [-0.2, 0) is 9.59 Å². The second kappa shape index (κ2) is 11.2. The topological polar surface area (TPSA) is 93.5 Å². The highest BCUT2D eigenvalue weighted by Gasteiger charge is 2.47. The normalized spacial score (nSPS) is 19.5. The first kappa shape index (κ1) is 26.3. The number of hydrogen-bond acceptors (Lipinski definition) is 7. The van der Waals surface area contributed by atoms with Gasteiger partial charge in [-0.25, -0.2) is 0 Å². The second-order valence-electron chi connectivity index (χ2n) is 9.94. The minimum absolute atomic E-state index is 0.00365. The number of aliphatic hydroxyl groups excluding tert-OH is 1. The van der Waals surface area contributed by atoms with E-state index in [2.05, 4.69) is 16.8 Å². The maximum atomic E-state index is 13.4. The van der Waals surface area contributed by atoms with Gasteiger partial charge in [0.1, 0.15) is 17.3 Å². The molecule has 2 saturated heterocycles. The summed E-state index contributed by atoms with van der Waals surface area (Å²) in [5, 5.41) is 21.2. The molecule has 1 atom stereocenters. The Hall–Kier alpha value is -4.30. The number of carbonyl (C=O) groups is 2. The fourth-order valence-electron chi connectivity index (χ4n) is 5.04. The quantitative estimate of drug-likeness (QED) is 0.264. The van der Waals surface area contributed by atoms with Gasteiger partial charge in [0.05, 0.1) is 18.2 Å². The Morgan fingerprint density at radius 3 is 2.10 bits per heavy atom. The van der Waals surface area contributed by atoms with Crippen LogP contribution in [-0.4, -0.2) is 66.6 Å². The molecule has 0 bridgehead atoms. The third kappa shape index (κ3) is 5.33. The third-order valence-corrected chi connectivity index (χ3v) is 7.25. The number of aromatic hydroxyl groups is 1. The lowest BCUT2D eigenvalue weighted by Crippen LogP contribution is -2.44. The lowest BCUT2D eigenvalue weighted by Gasteiger charge is -2.34. The van der Waals surface area contributed by atoms with Crippen LogP contribution in [0.2, 0.25) is 0 Å². The number of likely N-dealkylation sites (N-methyl/N-ethyl adjacent to an activating group) is 1. The van der Waals surface area contributed by atoms with E-state index >= 15 is 0 Å². The van der Waals surface area contributed by atoms with E-state index in [1.54, 1.807) is 36.4 Å². The molecule has 5 rings (SSSR count). The Morgan fingerprint density at radius 2 is 1.49 bits per heavy atom. The molecule has 0 saturated carbocycles. The molecule has 2 aliphatic heterocycles. The molecule has 3 aromatic rings. The third-order valence-electron chi connectivity index (χ3n) is 7.25. The molecule has 0 aromatic heterocycles. The molecule has 2 N–H and O–H groups in total. The summed E-state index contributed by atoms with van der Waals surface area (Å²) in [4.78, 5) is 32.9. The van der Waals surface area contributed by atoms with E-state index in [1.807, 2.05) is 31.2 Å². The number of ketones is 1. The van der Waals surface area contributed by atoms with Crippen LogP contribution in [0, 0.1) is 0 Å². The van der Waals surface area contributed by atoms with Gasteiger partial charge in [0.2, 0.25) is 0 Å². The number of Topliss-reactive ketones (excluding diaryl/α,β-unsaturated/α-hetero) is 1. The van der Waals surface area contributed by atoms with Gasteiger partial charge < -0.3 is 24.7 Å². The van der Waals surface area contributed by atoms with E-state index in [-0.39, 0.29) is 17.1 Å². The van der Waals surface area contributed by atoms with Crippen LogP contribution >= 0.6 is 0 Å². The maximum absolute atomic E-state index is 13.4. The molecule has 3 aromatic carbocycles. The standard InChI is InChI=1S/C31H33N3O5/c1-3-20-39-26-14-6-22(7-15-26)29(36)27-28(21-4-12-25(35)13-5-21)34(31(38)30(27)37)24-10-8-23(9-11-24)33-18-16-32(2)17-19-33/h4-15,28,35-36H,3,16-20H2,1-2H3/b29-27+. The average molecular weight is 528 g/mol. The number of amides is 1. The first-order valence-corrected chi connectivity index (χ1v) is 13.2. The van der Waals surface area contributed by atoms with Gasteiger partial charge in [-0.15, -0.1) is 0 Å². The summed E-state index contributed by atoms with van der Waals surface area (Å²) in [6.45, 7) is 6.37. The molecular formula is C31H33N3O5. The van der Waals surface area contributed by atoms with Gasteiger partial charge >= 0.3 is 0 Å². The van der Waals surface area contributed by atoms with Crippen molar-refractivity contribution in [2.45, 2.75) is 19.4 Å². The van der Waals surface area contributed by atoms with E-state index in [1.165, 1.54) is 17.0 Å². The zero-order chi connectivity index (χ0) is 27.5. The lowest BCUT2D eigenvalue weighted by molar-refractivity contribution is -0.132. The number of phenols is 1. The zero-order valence-corrected chi connectivity index (χ0v) is 22.2. The van der Waals surface area contributed by atoms with E-state index in [0.717, 1.165) is 38.3 Å². The van der Waals surface area contributed by atoms with Crippen LogP contribution in [0.15, 0.2) is 78.4 Å². The monoisotopic (exact) mass is 527 g/mol. The predicted molar refractivity (Wildman–Crippen MR) is 151 cm³/mol. The molecule has 0 radical (unpaired) electrons. The van der Waals surface area contributed by atoms with Crippen LogP contribution in [0.1, 0.15) is 30.5 Å². The number of nitrogens with zero attached hydrogens (tertiary/aromatic N) is 3. The Balaban J connectivity index is 1.53. The van der Waals surface area contributed by atoms with Crippen molar-refractivity contribution in [3.8, 4) is 11.5 Å². The molecular weight excluding hydrogens is 494 g/mol. The first-order chi connectivity index (χ1) is 18.9. The summed E-state index contributed by atoms with van der Waals surface area (Å²) in [7, 11) is 2.11. The summed E-state index contributed by atoms with van der Waals surface area (Å²) in [6.07, 6.45) is 0.869. The Labute approximate surface area is 228 Å². The van der Waals surface area contributed by atoms with Crippen LogP contribution in [0.4, 0.5) is 11.4 Å². The van der Waals surface area contributed by atoms with Crippen molar-refractivity contribution in [3.63, 3.8) is 0 Å². The number of piperazine rings is 1. The predicted octanol–water partition coefficient (Wildman–Crippen LogP) is 4.56. The second-order valence-corrected chi connectivity index (χ2v) is 9.94. The minimum Gasteiger partial charge on any atom is -0.508 e. The molecule has 2 heterocycles. The highest BCUT2D eigenvalue weighted by atomic mass is 16.5. The number of ether oxygens (including phenoxy) is 1. The number of carbonyl (C=O) groups excluding carboxylic acids is 2.